The molecule has 0 fully saturated rings. The van der Waals surface area contributed by atoms with Gasteiger partial charge in [-0.2, -0.15) is 0 Å². The number of carbonyl (C=O) groups excluding carboxylic acids is 1. The van der Waals surface area contributed by atoms with Crippen LogP contribution in [-0.2, 0) is 6.42 Å². The summed E-state index contributed by atoms with van der Waals surface area (Å²) >= 11 is 3.41. The van der Waals surface area contributed by atoms with Crippen LogP contribution in [0.25, 0.3) is 0 Å². The molecule has 0 saturated carbocycles. The lowest BCUT2D eigenvalue weighted by atomic mass is 10.1. The van der Waals surface area contributed by atoms with Gasteiger partial charge in [-0.15, -0.1) is 0 Å². The number of hydrogen-bond donors (Lipinski definition) is 0. The number of aromatic nitrogens is 1. The average molecular weight is 333 g/mol. The zero-order valence-corrected chi connectivity index (χ0v) is 13.2. The third-order valence-electron chi connectivity index (χ3n) is 3.21. The van der Waals surface area contributed by atoms with Gasteiger partial charge in [0.2, 0.25) is 0 Å². The topological polar surface area (TPSA) is 33.2 Å². The highest BCUT2D eigenvalue weighted by Crippen LogP contribution is 2.17. The fourth-order valence-corrected chi connectivity index (χ4v) is 2.32. The first-order valence-electron chi connectivity index (χ1n) is 6.49. The summed E-state index contributed by atoms with van der Waals surface area (Å²) in [6.07, 6.45) is 2.53. The van der Waals surface area contributed by atoms with Gasteiger partial charge in [0.25, 0.3) is 5.91 Å². The predicted molar refractivity (Wildman–Crippen MR) is 83.8 cm³/mol. The van der Waals surface area contributed by atoms with Crippen LogP contribution in [0, 0.1) is 6.92 Å². The summed E-state index contributed by atoms with van der Waals surface area (Å²) in [5.74, 6) is 0.0414. The first-order valence-corrected chi connectivity index (χ1v) is 7.29. The molecule has 0 N–H and O–H groups in total. The van der Waals surface area contributed by atoms with Crippen LogP contribution < -0.4 is 0 Å². The van der Waals surface area contributed by atoms with E-state index in [1.807, 2.05) is 50.4 Å². The molecule has 0 bridgehead atoms. The van der Waals surface area contributed by atoms with Gasteiger partial charge in [0.1, 0.15) is 0 Å². The second-order valence-corrected chi connectivity index (χ2v) is 5.67. The fraction of sp³-hybridized carbons (Fsp3) is 0.250. The highest BCUT2D eigenvalue weighted by Gasteiger charge is 2.14. The summed E-state index contributed by atoms with van der Waals surface area (Å²) in [6.45, 7) is 2.61. The minimum Gasteiger partial charge on any atom is -0.341 e. The van der Waals surface area contributed by atoms with Crippen LogP contribution in [0.3, 0.4) is 0 Å². The Labute approximate surface area is 127 Å². The van der Waals surface area contributed by atoms with Crippen molar-refractivity contribution in [2.75, 3.05) is 13.6 Å². The van der Waals surface area contributed by atoms with Crippen molar-refractivity contribution in [2.45, 2.75) is 13.3 Å². The first-order chi connectivity index (χ1) is 9.58. The van der Waals surface area contributed by atoms with Crippen molar-refractivity contribution in [3.63, 3.8) is 0 Å². The normalized spacial score (nSPS) is 10.3. The first kappa shape index (κ1) is 14.7. The molecule has 0 radical (unpaired) electrons. The Balaban J connectivity index is 2.03. The minimum absolute atomic E-state index is 0.0414. The van der Waals surface area contributed by atoms with E-state index in [-0.39, 0.29) is 5.91 Å². The van der Waals surface area contributed by atoms with Crippen LogP contribution >= 0.6 is 15.9 Å². The zero-order valence-electron chi connectivity index (χ0n) is 11.6. The molecule has 2 aromatic rings. The number of nitrogens with zero attached hydrogens (tertiary/aromatic N) is 2. The maximum Gasteiger partial charge on any atom is 0.253 e. The minimum atomic E-state index is 0.0414. The number of benzene rings is 1. The van der Waals surface area contributed by atoms with Gasteiger partial charge in [0, 0.05) is 41.9 Å². The van der Waals surface area contributed by atoms with Gasteiger partial charge in [-0.05, 0) is 36.8 Å². The molecule has 0 aliphatic heterocycles. The summed E-state index contributed by atoms with van der Waals surface area (Å²) in [6, 6.07) is 11.6. The summed E-state index contributed by atoms with van der Waals surface area (Å²) in [5.41, 5.74) is 2.73. The second kappa shape index (κ2) is 6.66. The highest BCUT2D eigenvalue weighted by molar-refractivity contribution is 9.10. The van der Waals surface area contributed by atoms with Crippen LogP contribution in [0.15, 0.2) is 47.1 Å². The molecule has 0 aliphatic rings. The third kappa shape index (κ3) is 3.67. The lowest BCUT2D eigenvalue weighted by Gasteiger charge is -2.18. The van der Waals surface area contributed by atoms with Crippen LogP contribution in [-0.4, -0.2) is 29.4 Å². The highest BCUT2D eigenvalue weighted by atomic mass is 79.9. The molecular weight excluding hydrogens is 316 g/mol. The Bertz CT molecular complexity index is 599. The predicted octanol–water partition coefficient (Wildman–Crippen LogP) is 3.47. The standard InChI is InChI=1S/C16H17BrN2O/c1-12-6-7-13(17)11-15(12)16(20)19(2)10-8-14-5-3-4-9-18-14/h3-7,9,11H,8,10H2,1-2H3. The van der Waals surface area contributed by atoms with Crippen molar-refractivity contribution in [1.29, 1.82) is 0 Å². The van der Waals surface area contributed by atoms with E-state index in [1.54, 1.807) is 11.1 Å². The summed E-state index contributed by atoms with van der Waals surface area (Å²) in [4.78, 5) is 18.4. The number of pyridine rings is 1. The molecule has 0 saturated heterocycles. The van der Waals surface area contributed by atoms with E-state index in [9.17, 15) is 4.79 Å². The maximum absolute atomic E-state index is 12.4. The molecule has 104 valence electrons. The van der Waals surface area contributed by atoms with Crippen molar-refractivity contribution in [3.05, 3.63) is 63.9 Å². The number of rotatable bonds is 4. The molecule has 1 aromatic carbocycles. The molecule has 1 amide bonds. The van der Waals surface area contributed by atoms with E-state index in [2.05, 4.69) is 20.9 Å². The lowest BCUT2D eigenvalue weighted by molar-refractivity contribution is 0.0795. The summed E-state index contributed by atoms with van der Waals surface area (Å²) in [5, 5.41) is 0. The maximum atomic E-state index is 12.4. The molecule has 0 unspecified atom stereocenters. The number of amides is 1. The van der Waals surface area contributed by atoms with E-state index in [0.29, 0.717) is 6.54 Å². The van der Waals surface area contributed by atoms with E-state index < -0.39 is 0 Å². The van der Waals surface area contributed by atoms with Gasteiger partial charge in [0.05, 0.1) is 0 Å². The van der Waals surface area contributed by atoms with Crippen LogP contribution in [0.2, 0.25) is 0 Å². The number of likely N-dealkylation sites (N-methyl/N-ethyl adjacent to an activating group) is 1. The Morgan fingerprint density at radius 1 is 1.30 bits per heavy atom. The lowest BCUT2D eigenvalue weighted by Crippen LogP contribution is -2.29. The fourth-order valence-electron chi connectivity index (χ4n) is 1.96. The quantitative estimate of drug-likeness (QED) is 0.858. The van der Waals surface area contributed by atoms with Crippen LogP contribution in [0.5, 0.6) is 0 Å². The number of aryl methyl sites for hydroxylation is 1. The van der Waals surface area contributed by atoms with Crippen molar-refractivity contribution in [1.82, 2.24) is 9.88 Å². The summed E-state index contributed by atoms with van der Waals surface area (Å²) in [7, 11) is 1.83. The zero-order chi connectivity index (χ0) is 14.5. The molecule has 20 heavy (non-hydrogen) atoms. The monoisotopic (exact) mass is 332 g/mol. The average Bonchev–Trinajstić information content (AvgIpc) is 2.47. The van der Waals surface area contributed by atoms with Crippen molar-refractivity contribution in [2.24, 2.45) is 0 Å². The molecule has 1 heterocycles. The van der Waals surface area contributed by atoms with Gasteiger partial charge in [-0.25, -0.2) is 0 Å². The Hall–Kier alpha value is -1.68. The van der Waals surface area contributed by atoms with Gasteiger partial charge in [-0.1, -0.05) is 28.1 Å². The Morgan fingerprint density at radius 2 is 2.10 bits per heavy atom. The van der Waals surface area contributed by atoms with E-state index >= 15 is 0 Å². The largest absolute Gasteiger partial charge is 0.341 e. The molecule has 2 rings (SSSR count). The smallest absolute Gasteiger partial charge is 0.253 e. The number of carbonyl (C=O) groups is 1. The van der Waals surface area contributed by atoms with Gasteiger partial charge in [0.15, 0.2) is 0 Å². The van der Waals surface area contributed by atoms with Crippen molar-refractivity contribution < 1.29 is 4.79 Å². The second-order valence-electron chi connectivity index (χ2n) is 4.76. The molecule has 0 aliphatic carbocycles. The molecule has 0 spiro atoms. The Kier molecular flexibility index (Phi) is 4.90. The molecular formula is C16H17BrN2O. The van der Waals surface area contributed by atoms with E-state index in [4.69, 9.17) is 0 Å². The summed E-state index contributed by atoms with van der Waals surface area (Å²) < 4.78 is 0.921. The van der Waals surface area contributed by atoms with Crippen molar-refractivity contribution in [3.8, 4) is 0 Å². The Morgan fingerprint density at radius 3 is 2.80 bits per heavy atom. The van der Waals surface area contributed by atoms with Gasteiger partial charge < -0.3 is 4.90 Å². The third-order valence-corrected chi connectivity index (χ3v) is 3.70. The molecule has 3 nitrogen and oxygen atoms in total. The SMILES string of the molecule is Cc1ccc(Br)cc1C(=O)N(C)CCc1ccccn1. The van der Waals surface area contributed by atoms with Gasteiger partial charge in [-0.3, -0.25) is 9.78 Å². The van der Waals surface area contributed by atoms with E-state index in [0.717, 1.165) is 27.7 Å². The molecule has 0 atom stereocenters. The van der Waals surface area contributed by atoms with Gasteiger partial charge >= 0.3 is 0 Å². The van der Waals surface area contributed by atoms with E-state index in [1.165, 1.54) is 0 Å². The molecule has 4 heteroatoms. The number of hydrogen-bond acceptors (Lipinski definition) is 2. The van der Waals surface area contributed by atoms with Crippen molar-refractivity contribution >= 4 is 21.8 Å². The molecule has 1 aromatic heterocycles. The van der Waals surface area contributed by atoms with Crippen LogP contribution in [0.4, 0.5) is 0 Å². The van der Waals surface area contributed by atoms with Crippen LogP contribution in [0.1, 0.15) is 21.6 Å². The number of halogens is 1.